The van der Waals surface area contributed by atoms with E-state index in [1.807, 2.05) is 0 Å². The van der Waals surface area contributed by atoms with Crippen LogP contribution in [0, 0.1) is 0 Å². The highest BCUT2D eigenvalue weighted by Gasteiger charge is 2.25. The first kappa shape index (κ1) is 42.1. The minimum atomic E-state index is -4.21. The minimum Gasteiger partial charge on any atom is -0.476 e. The first-order chi connectivity index (χ1) is 26.1. The highest BCUT2D eigenvalue weighted by molar-refractivity contribution is 9.10. The molecule has 0 spiro atoms. The number of pyridine rings is 1. The maximum absolute atomic E-state index is 12.7. The molecule has 1 saturated heterocycles. The first-order valence-corrected chi connectivity index (χ1v) is 20.9. The zero-order valence-electron chi connectivity index (χ0n) is 27.8. The van der Waals surface area contributed by atoms with E-state index in [0.717, 1.165) is 25.6 Å². The summed E-state index contributed by atoms with van der Waals surface area (Å²) in [5.74, 6) is -1.93. The van der Waals surface area contributed by atoms with Gasteiger partial charge >= 0.3 is 5.97 Å². The lowest BCUT2D eigenvalue weighted by Crippen LogP contribution is -2.28. The van der Waals surface area contributed by atoms with Gasteiger partial charge in [-0.25, -0.2) is 41.6 Å². The molecule has 1 fully saturated rings. The van der Waals surface area contributed by atoms with Gasteiger partial charge in [0.2, 0.25) is 11.6 Å². The monoisotopic (exact) mass is 934 g/mol. The van der Waals surface area contributed by atoms with Crippen LogP contribution in [0.25, 0.3) is 0 Å². The van der Waals surface area contributed by atoms with Crippen LogP contribution in [0.3, 0.4) is 0 Å². The number of carboxylic acids is 1. The largest absolute Gasteiger partial charge is 0.476 e. The molecule has 4 N–H and O–H groups in total. The highest BCUT2D eigenvalue weighted by atomic mass is 79.9. The van der Waals surface area contributed by atoms with Crippen LogP contribution >= 0.6 is 62.3 Å². The molecule has 0 bridgehead atoms. The Morgan fingerprint density at radius 1 is 0.836 bits per heavy atom. The first-order valence-electron chi connectivity index (χ1n) is 15.6. The maximum Gasteiger partial charge on any atom is 0.356 e. The lowest BCUT2D eigenvalue weighted by atomic mass is 10.2. The number of anilines is 2. The van der Waals surface area contributed by atoms with Crippen molar-refractivity contribution >= 4 is 100.0 Å². The van der Waals surface area contributed by atoms with Gasteiger partial charge in [-0.3, -0.25) is 14.4 Å². The maximum atomic E-state index is 12.7. The van der Waals surface area contributed by atoms with Gasteiger partial charge in [0.25, 0.3) is 31.8 Å². The molecule has 0 amide bonds. The number of halogens is 5. The summed E-state index contributed by atoms with van der Waals surface area (Å²) in [6, 6.07) is 12.1. The molecule has 0 aliphatic carbocycles. The average Bonchev–Trinajstić information content (AvgIpc) is 3.68. The van der Waals surface area contributed by atoms with Crippen LogP contribution in [0.5, 0.6) is 11.8 Å². The minimum absolute atomic E-state index is 0.0257. The third-order valence-corrected chi connectivity index (χ3v) is 12.2. The van der Waals surface area contributed by atoms with Crippen LogP contribution in [-0.4, -0.2) is 72.0 Å². The summed E-state index contributed by atoms with van der Waals surface area (Å²) in [6.45, 7) is 1.25. The lowest BCUT2D eigenvalue weighted by Gasteiger charge is -2.15. The standard InChI is InChI=1S/C17H12Cl2N4O5S.C15H15BrCl2N4O3S/c18-11-4-1-5-13(14(11)19)29(26,27)23-15-16(22-12(8-21-15)17(24)25)28-9-10-3-2-6-20-7-10;16-12-7-20-14(15(21-12)25-8-9-3-2-6-19-9)22-26(23,24)11-5-1-4-10(17)13(11)18/h1-8H,9H2,(H,21,23)(H,24,25);1,4-5,7,9,19H,2-3,6,8H2,(H,20,22)/t;9-/m.0/s1. The van der Waals surface area contributed by atoms with Gasteiger partial charge in [0.1, 0.15) is 27.6 Å². The quantitative estimate of drug-likeness (QED) is 0.0961. The molecular weight excluding hydrogens is 910 g/mol. The molecule has 5 aromatic rings. The van der Waals surface area contributed by atoms with Crippen molar-refractivity contribution in [1.82, 2.24) is 30.2 Å². The summed E-state index contributed by atoms with van der Waals surface area (Å²) in [7, 11) is -8.23. The number of aromatic carboxylic acids is 1. The SMILES string of the molecule is O=C(O)c1cnc(NS(=O)(=O)c2cccc(Cl)c2Cl)c(OCc2cccnc2)n1.O=S(=O)(Nc1ncc(Br)nc1OC[C@@H]1CCCN1)c1cccc(Cl)c1Cl. The van der Waals surface area contributed by atoms with E-state index in [1.165, 1.54) is 48.8 Å². The predicted octanol–water partition coefficient (Wildman–Crippen LogP) is 6.73. The number of rotatable bonds is 13. The molecule has 1 atom stereocenters. The van der Waals surface area contributed by atoms with Gasteiger partial charge in [0, 0.05) is 24.0 Å². The number of carboxylic acid groups (broad SMARTS) is 1. The Morgan fingerprint density at radius 3 is 1.98 bits per heavy atom. The Balaban J connectivity index is 0.000000212. The third kappa shape index (κ3) is 11.3. The summed E-state index contributed by atoms with van der Waals surface area (Å²) in [5, 5.41) is 12.4. The molecule has 4 heterocycles. The third-order valence-electron chi connectivity index (χ3n) is 7.23. The van der Waals surface area contributed by atoms with Crippen molar-refractivity contribution in [2.75, 3.05) is 22.6 Å². The van der Waals surface area contributed by atoms with Gasteiger partial charge in [-0.1, -0.05) is 64.6 Å². The van der Waals surface area contributed by atoms with Crippen molar-refractivity contribution in [3.63, 3.8) is 0 Å². The van der Waals surface area contributed by atoms with Crippen molar-refractivity contribution in [3.05, 3.63) is 109 Å². The molecule has 6 rings (SSSR count). The van der Waals surface area contributed by atoms with E-state index in [4.69, 9.17) is 61.0 Å². The predicted molar refractivity (Wildman–Crippen MR) is 208 cm³/mol. The molecule has 0 radical (unpaired) electrons. The second-order valence-corrected chi connectivity index (χ2v) is 16.8. The van der Waals surface area contributed by atoms with E-state index in [1.54, 1.807) is 18.3 Å². The summed E-state index contributed by atoms with van der Waals surface area (Å²) < 4.78 is 66.9. The fraction of sp³-hybridized carbons (Fsp3) is 0.188. The molecule has 16 nitrogen and oxygen atoms in total. The second-order valence-electron chi connectivity index (χ2n) is 11.1. The fourth-order valence-electron chi connectivity index (χ4n) is 4.63. The van der Waals surface area contributed by atoms with Crippen molar-refractivity contribution in [3.8, 4) is 11.8 Å². The van der Waals surface area contributed by atoms with Crippen LogP contribution in [0.4, 0.5) is 11.6 Å². The van der Waals surface area contributed by atoms with E-state index in [2.05, 4.69) is 55.6 Å². The second kappa shape index (κ2) is 18.7. The Bertz CT molecular complexity index is 2400. The van der Waals surface area contributed by atoms with Gasteiger partial charge in [-0.05, 0) is 65.6 Å². The number of nitrogens with one attached hydrogen (secondary N) is 3. The Morgan fingerprint density at radius 2 is 1.44 bits per heavy atom. The smallest absolute Gasteiger partial charge is 0.356 e. The van der Waals surface area contributed by atoms with Crippen LogP contribution in [-0.2, 0) is 26.7 Å². The van der Waals surface area contributed by atoms with E-state index in [-0.39, 0.29) is 65.9 Å². The number of nitrogens with zero attached hydrogens (tertiary/aromatic N) is 5. The summed E-state index contributed by atoms with van der Waals surface area (Å²) >= 11 is 27.0. The van der Waals surface area contributed by atoms with Crippen molar-refractivity contribution in [2.45, 2.75) is 35.3 Å². The molecule has 0 unspecified atom stereocenters. The van der Waals surface area contributed by atoms with Gasteiger partial charge < -0.3 is 19.9 Å². The van der Waals surface area contributed by atoms with Gasteiger partial charge in [-0.2, -0.15) is 0 Å². The number of aromatic nitrogens is 5. The van der Waals surface area contributed by atoms with E-state index >= 15 is 0 Å². The molecule has 1 aliphatic heterocycles. The number of sulfonamides is 2. The molecule has 290 valence electrons. The molecular formula is C32H27BrCl4N8O8S2. The van der Waals surface area contributed by atoms with Gasteiger partial charge in [0.15, 0.2) is 5.69 Å². The van der Waals surface area contributed by atoms with Crippen molar-refractivity contribution < 1.29 is 36.2 Å². The zero-order chi connectivity index (χ0) is 39.8. The molecule has 3 aromatic heterocycles. The lowest BCUT2D eigenvalue weighted by molar-refractivity contribution is 0.0688. The summed E-state index contributed by atoms with van der Waals surface area (Å²) in [6.07, 6.45) is 7.44. The Labute approximate surface area is 343 Å². The highest BCUT2D eigenvalue weighted by Crippen LogP contribution is 2.33. The molecule has 55 heavy (non-hydrogen) atoms. The van der Waals surface area contributed by atoms with Crippen LogP contribution in [0.15, 0.2) is 87.7 Å². The average molecular weight is 937 g/mol. The number of carbonyl (C=O) groups is 1. The van der Waals surface area contributed by atoms with Crippen molar-refractivity contribution in [2.24, 2.45) is 0 Å². The van der Waals surface area contributed by atoms with Crippen LogP contribution in [0.1, 0.15) is 28.9 Å². The Hall–Kier alpha value is -4.08. The van der Waals surface area contributed by atoms with E-state index in [9.17, 15) is 21.6 Å². The number of ether oxygens (including phenoxy) is 2. The fourth-order valence-corrected chi connectivity index (χ4v) is 8.43. The van der Waals surface area contributed by atoms with Gasteiger partial charge in [0.05, 0.1) is 32.5 Å². The van der Waals surface area contributed by atoms with Crippen molar-refractivity contribution in [1.29, 1.82) is 0 Å². The number of hydrogen-bond donors (Lipinski definition) is 4. The topological polar surface area (TPSA) is 225 Å². The normalized spacial score (nSPS) is 14.0. The van der Waals surface area contributed by atoms with Crippen LogP contribution < -0.4 is 24.2 Å². The number of hydrogen-bond acceptors (Lipinski definition) is 13. The van der Waals surface area contributed by atoms with Crippen LogP contribution in [0.2, 0.25) is 20.1 Å². The molecule has 0 saturated carbocycles. The summed E-state index contributed by atoms with van der Waals surface area (Å²) in [4.78, 5) is 30.6. The molecule has 1 aliphatic rings. The van der Waals surface area contributed by atoms with Gasteiger partial charge in [-0.15, -0.1) is 0 Å². The molecule has 2 aromatic carbocycles. The summed E-state index contributed by atoms with van der Waals surface area (Å²) in [5.41, 5.74) is 0.233. The number of benzene rings is 2. The molecule has 23 heteroatoms. The Kier molecular flexibility index (Phi) is 14.3. The van der Waals surface area contributed by atoms with E-state index in [0.29, 0.717) is 16.8 Å². The zero-order valence-corrected chi connectivity index (χ0v) is 34.0. The van der Waals surface area contributed by atoms with E-state index < -0.39 is 31.7 Å².